The number of rotatable bonds is 2. The van der Waals surface area contributed by atoms with Crippen LogP contribution in [-0.4, -0.2) is 29.6 Å². The first-order chi connectivity index (χ1) is 10.6. The Balaban J connectivity index is 2.69. The van der Waals surface area contributed by atoms with E-state index in [1.807, 2.05) is 0 Å². The Labute approximate surface area is 134 Å². The lowest BCUT2D eigenvalue weighted by molar-refractivity contribution is -0.316. The van der Waals surface area contributed by atoms with Crippen LogP contribution in [0.15, 0.2) is 22.2 Å². The van der Waals surface area contributed by atoms with E-state index in [0.29, 0.717) is 4.47 Å². The molecule has 120 valence electrons. The van der Waals surface area contributed by atoms with Gasteiger partial charge in [0.15, 0.2) is 0 Å². The molecular weight excluding hydrogens is 369 g/mol. The lowest BCUT2D eigenvalue weighted by Crippen LogP contribution is -2.55. The van der Waals surface area contributed by atoms with E-state index >= 15 is 0 Å². The molecule has 0 radical (unpaired) electrons. The normalized spacial score (nSPS) is 21.4. The van der Waals surface area contributed by atoms with Crippen LogP contribution in [0.1, 0.15) is 19.4 Å². The van der Waals surface area contributed by atoms with Crippen molar-refractivity contribution >= 4 is 28.0 Å². The van der Waals surface area contributed by atoms with Gasteiger partial charge in [0, 0.05) is 11.4 Å². The number of hydrogen-bond acceptors (Lipinski definition) is 4. The average molecular weight is 382 g/mol. The molecule has 22 heavy (non-hydrogen) atoms. The number of fused-ring (bicyclic) bond motifs is 1. The molecule has 1 aromatic rings. The van der Waals surface area contributed by atoms with Gasteiger partial charge in [0.2, 0.25) is 0 Å². The average Bonchev–Trinajstić information content (AvgIpc) is 2.45. The van der Waals surface area contributed by atoms with Crippen molar-refractivity contribution in [1.82, 2.24) is 0 Å². The molecule has 1 aromatic carbocycles. The first-order valence-electron chi connectivity index (χ1n) is 6.83. The third kappa shape index (κ3) is 2.72. The van der Waals surface area contributed by atoms with E-state index < -0.39 is 23.5 Å². The number of aliphatic hydroxyl groups is 1. The molecule has 1 N–H and O–H groups in total. The summed E-state index contributed by atoms with van der Waals surface area (Å²) in [7, 11) is 0. The van der Waals surface area contributed by atoms with Crippen molar-refractivity contribution in [3.8, 4) is 5.75 Å². The van der Waals surface area contributed by atoms with Crippen molar-refractivity contribution in [2.45, 2.75) is 25.8 Å². The number of carbonyl (C=O) groups excluding carboxylic acids is 1. The van der Waals surface area contributed by atoms with Crippen LogP contribution in [0.2, 0.25) is 0 Å². The van der Waals surface area contributed by atoms with Crippen molar-refractivity contribution in [2.75, 3.05) is 6.61 Å². The molecule has 1 aliphatic heterocycles. The number of hydrogen-bond donors (Lipinski definition) is 1. The van der Waals surface area contributed by atoms with Gasteiger partial charge in [-0.2, -0.15) is 13.2 Å². The van der Waals surface area contributed by atoms with Crippen LogP contribution < -0.4 is 4.74 Å². The molecule has 8 heteroatoms. The largest absolute Gasteiger partial charge is 0.462 e. The van der Waals surface area contributed by atoms with Crippen molar-refractivity contribution in [1.29, 1.82) is 0 Å². The monoisotopic (exact) mass is 381 g/mol. The molecule has 1 unspecified atom stereocenters. The Morgan fingerprint density at radius 1 is 1.55 bits per heavy atom. The van der Waals surface area contributed by atoms with E-state index in [4.69, 9.17) is 6.11 Å². The number of alkyl halides is 3. The molecule has 1 aliphatic rings. The zero-order valence-electron chi connectivity index (χ0n) is 12.3. The summed E-state index contributed by atoms with van der Waals surface area (Å²) in [5.74, 6) is -5.45. The number of carbonyl (C=O) groups is 1. The molecular formula is C14H12BrF3O4. The highest BCUT2D eigenvalue weighted by molar-refractivity contribution is 9.10. The van der Waals surface area contributed by atoms with Gasteiger partial charge in [0.05, 0.1) is 6.61 Å². The van der Waals surface area contributed by atoms with Crippen molar-refractivity contribution < 1.29 is 33.9 Å². The Morgan fingerprint density at radius 2 is 2.23 bits per heavy atom. The fourth-order valence-corrected chi connectivity index (χ4v) is 2.50. The van der Waals surface area contributed by atoms with Crippen molar-refractivity contribution in [2.24, 2.45) is 0 Å². The second-order valence-corrected chi connectivity index (χ2v) is 5.42. The maximum Gasteiger partial charge on any atom is 0.460 e. The first-order valence-corrected chi connectivity index (χ1v) is 6.92. The zero-order valence-corrected chi connectivity index (χ0v) is 12.9. The molecule has 0 aliphatic carbocycles. The van der Waals surface area contributed by atoms with Gasteiger partial charge in [-0.05, 0) is 37.6 Å². The maximum atomic E-state index is 13.3. The number of halogens is 4. The molecule has 1 heterocycles. The molecule has 0 bridgehead atoms. The van der Waals surface area contributed by atoms with Gasteiger partial charge in [0.25, 0.3) is 0 Å². The van der Waals surface area contributed by atoms with Crippen LogP contribution in [0.3, 0.4) is 0 Å². The van der Waals surface area contributed by atoms with E-state index in [0.717, 1.165) is 6.08 Å². The summed E-state index contributed by atoms with van der Waals surface area (Å²) in [4.78, 5) is 11.8. The number of ether oxygens (including phenoxy) is 2. The summed E-state index contributed by atoms with van der Waals surface area (Å²) in [5, 5.41) is 10.0. The predicted octanol–water partition coefficient (Wildman–Crippen LogP) is 3.35. The molecule has 1 atom stereocenters. The van der Waals surface area contributed by atoms with E-state index in [1.54, 1.807) is 0 Å². The molecule has 0 saturated carbocycles. The van der Waals surface area contributed by atoms with Gasteiger partial charge in [-0.1, -0.05) is 15.9 Å². The summed E-state index contributed by atoms with van der Waals surface area (Å²) in [6, 6.07) is 2.83. The minimum atomic E-state index is -5.27. The third-order valence-electron chi connectivity index (χ3n) is 2.95. The number of esters is 1. The Bertz CT molecular complexity index is 675. The lowest BCUT2D eigenvalue weighted by Gasteiger charge is -2.35. The highest BCUT2D eigenvalue weighted by atomic mass is 79.9. The van der Waals surface area contributed by atoms with E-state index in [9.17, 15) is 23.1 Å². The van der Waals surface area contributed by atoms with Crippen LogP contribution in [0.25, 0.3) is 6.08 Å². The molecule has 4 nitrogen and oxygen atoms in total. The Hall–Kier alpha value is -1.54. The predicted molar refractivity (Wildman–Crippen MR) is 75.1 cm³/mol. The quantitative estimate of drug-likeness (QED) is 0.798. The smallest absolute Gasteiger partial charge is 0.460 e. The summed E-state index contributed by atoms with van der Waals surface area (Å²) in [6.07, 6.45) is -4.40. The topological polar surface area (TPSA) is 55.8 Å². The van der Waals surface area contributed by atoms with Gasteiger partial charge >= 0.3 is 17.9 Å². The highest BCUT2D eigenvalue weighted by Gasteiger charge is 2.63. The Morgan fingerprint density at radius 3 is 2.77 bits per heavy atom. The summed E-state index contributed by atoms with van der Waals surface area (Å²) < 4.78 is 57.1. The van der Waals surface area contributed by atoms with Crippen LogP contribution in [0, 0.1) is 6.90 Å². The SMILES string of the molecule is [2H]Cc1cc(Br)cc2c1OC(O)(C(F)(F)F)C(C(=O)OCC)=C2. The van der Waals surface area contributed by atoms with Crippen LogP contribution in [0.5, 0.6) is 5.75 Å². The van der Waals surface area contributed by atoms with Crippen molar-refractivity contribution in [3.63, 3.8) is 0 Å². The maximum absolute atomic E-state index is 13.3. The summed E-state index contributed by atoms with van der Waals surface area (Å²) in [6.45, 7) is 0.906. The second-order valence-electron chi connectivity index (χ2n) is 4.51. The summed E-state index contributed by atoms with van der Waals surface area (Å²) in [5.41, 5.74) is -0.789. The fraction of sp³-hybridized carbons (Fsp3) is 0.357. The van der Waals surface area contributed by atoms with E-state index in [1.165, 1.54) is 19.1 Å². The highest BCUT2D eigenvalue weighted by Crippen LogP contribution is 2.45. The van der Waals surface area contributed by atoms with Crippen molar-refractivity contribution in [3.05, 3.63) is 33.3 Å². The number of benzene rings is 1. The molecule has 0 fully saturated rings. The fourth-order valence-electron chi connectivity index (χ4n) is 1.98. The molecule has 0 spiro atoms. The van der Waals surface area contributed by atoms with E-state index in [-0.39, 0.29) is 30.4 Å². The van der Waals surface area contributed by atoms with E-state index in [2.05, 4.69) is 20.7 Å². The van der Waals surface area contributed by atoms with Gasteiger partial charge in [-0.25, -0.2) is 4.79 Å². The van der Waals surface area contributed by atoms with Gasteiger partial charge < -0.3 is 14.6 Å². The van der Waals surface area contributed by atoms with Crippen LogP contribution >= 0.6 is 15.9 Å². The zero-order chi connectivity index (χ0) is 17.4. The summed E-state index contributed by atoms with van der Waals surface area (Å²) >= 11 is 3.17. The standard InChI is InChI=1S/C14H12BrF3O4/c1-3-21-12(19)10-6-8-5-9(15)4-7(2)11(8)22-13(10,20)14(16,17)18/h4-6,20H,3H2,1-2H3/i2D. The minimum Gasteiger partial charge on any atom is -0.462 e. The molecule has 0 aromatic heterocycles. The van der Waals surface area contributed by atoms with Gasteiger partial charge in [0.1, 0.15) is 11.3 Å². The van der Waals surface area contributed by atoms with Crippen LogP contribution in [0.4, 0.5) is 13.2 Å². The van der Waals surface area contributed by atoms with Gasteiger partial charge in [-0.15, -0.1) is 0 Å². The Kier molecular flexibility index (Phi) is 3.90. The minimum absolute atomic E-state index is 0.135. The second kappa shape index (κ2) is 5.58. The molecule has 2 rings (SSSR count). The number of aryl methyl sites for hydroxylation is 1. The lowest BCUT2D eigenvalue weighted by atomic mass is 9.96. The van der Waals surface area contributed by atoms with Gasteiger partial charge in [-0.3, -0.25) is 0 Å². The molecule has 0 saturated heterocycles. The first kappa shape index (κ1) is 15.4. The third-order valence-corrected chi connectivity index (χ3v) is 3.41. The van der Waals surface area contributed by atoms with Crippen LogP contribution in [-0.2, 0) is 9.53 Å². The molecule has 0 amide bonds.